The summed E-state index contributed by atoms with van der Waals surface area (Å²) in [6.45, 7) is 5.96. The van der Waals surface area contributed by atoms with Crippen molar-refractivity contribution >= 4 is 29.3 Å². The second-order valence-corrected chi connectivity index (χ2v) is 7.24. The van der Waals surface area contributed by atoms with Crippen LogP contribution in [0.25, 0.3) is 10.9 Å². The first-order valence-electron chi connectivity index (χ1n) is 8.65. The molecule has 3 aliphatic rings. The van der Waals surface area contributed by atoms with Gasteiger partial charge in [-0.15, -0.1) is 12.4 Å². The number of esters is 1. The Hall–Kier alpha value is -1.72. The fourth-order valence-electron chi connectivity index (χ4n) is 4.14. The first kappa shape index (κ1) is 18.1. The van der Waals surface area contributed by atoms with Crippen LogP contribution in [0.5, 0.6) is 5.75 Å². The van der Waals surface area contributed by atoms with Gasteiger partial charge in [-0.3, -0.25) is 0 Å². The molecule has 0 radical (unpaired) electrons. The highest BCUT2D eigenvalue weighted by atomic mass is 35.5. The normalized spacial score (nSPS) is 24.8. The number of nitrogens with zero attached hydrogens (tertiary/aromatic N) is 1. The van der Waals surface area contributed by atoms with Crippen LogP contribution in [-0.2, 0) is 4.74 Å². The molecular formula is C19H25ClN2O3. The molecule has 3 fully saturated rings. The predicted octanol–water partition coefficient (Wildman–Crippen LogP) is 3.55. The van der Waals surface area contributed by atoms with Crippen LogP contribution >= 0.6 is 12.4 Å². The number of aromatic nitrogens is 1. The Bertz CT molecular complexity index is 765. The molecule has 0 spiro atoms. The predicted molar refractivity (Wildman–Crippen MR) is 99.8 cm³/mol. The van der Waals surface area contributed by atoms with Crippen molar-refractivity contribution in [2.75, 3.05) is 33.4 Å². The van der Waals surface area contributed by atoms with Gasteiger partial charge in [-0.25, -0.2) is 4.79 Å². The van der Waals surface area contributed by atoms with Crippen molar-refractivity contribution in [3.8, 4) is 5.75 Å². The number of halogens is 1. The molecule has 0 unspecified atom stereocenters. The van der Waals surface area contributed by atoms with Gasteiger partial charge in [-0.05, 0) is 57.5 Å². The summed E-state index contributed by atoms with van der Waals surface area (Å²) in [7, 11) is 1.65. The lowest BCUT2D eigenvalue weighted by molar-refractivity contribution is -0.0304. The summed E-state index contributed by atoms with van der Waals surface area (Å²) < 4.78 is 11.0. The van der Waals surface area contributed by atoms with E-state index in [2.05, 4.69) is 9.88 Å². The quantitative estimate of drug-likeness (QED) is 0.843. The first-order valence-corrected chi connectivity index (χ1v) is 8.65. The lowest BCUT2D eigenvalue weighted by Crippen LogP contribution is -2.50. The molecule has 136 valence electrons. The van der Waals surface area contributed by atoms with Gasteiger partial charge in [-0.2, -0.15) is 0 Å². The van der Waals surface area contributed by atoms with Crippen LogP contribution in [0, 0.1) is 12.3 Å². The van der Waals surface area contributed by atoms with Crippen molar-refractivity contribution in [1.82, 2.24) is 9.88 Å². The first-order chi connectivity index (χ1) is 11.6. The number of carbonyl (C=O) groups is 1. The molecule has 0 saturated carbocycles. The molecule has 1 N–H and O–H groups in total. The number of hydrogen-bond acceptors (Lipinski definition) is 4. The van der Waals surface area contributed by atoms with Crippen molar-refractivity contribution in [2.24, 2.45) is 5.41 Å². The monoisotopic (exact) mass is 364 g/mol. The van der Waals surface area contributed by atoms with Crippen LogP contribution < -0.4 is 4.74 Å². The number of carbonyl (C=O) groups excluding carboxylic acids is 1. The standard InChI is InChI=1S/C19H24N2O3.ClH/c1-13-9-14(23-2)10-16-17(13)15(11-20-16)18(22)24-12-19-3-6-21(7-4-19)8-5-19;/h9-11,20H,3-8,12H2,1-2H3;1H. The minimum atomic E-state index is -0.225. The van der Waals surface area contributed by atoms with Gasteiger partial charge in [0.15, 0.2) is 0 Å². The van der Waals surface area contributed by atoms with Crippen LogP contribution in [0.4, 0.5) is 0 Å². The number of nitrogens with one attached hydrogen (secondary N) is 1. The van der Waals surface area contributed by atoms with Crippen molar-refractivity contribution in [3.63, 3.8) is 0 Å². The molecule has 3 saturated heterocycles. The highest BCUT2D eigenvalue weighted by molar-refractivity contribution is 6.05. The topological polar surface area (TPSA) is 54.6 Å². The molecule has 5 rings (SSSR count). The molecule has 1 aromatic heterocycles. The number of benzene rings is 1. The van der Waals surface area contributed by atoms with Crippen molar-refractivity contribution < 1.29 is 14.3 Å². The van der Waals surface area contributed by atoms with Gasteiger partial charge in [0.05, 0.1) is 24.8 Å². The fourth-order valence-corrected chi connectivity index (χ4v) is 4.14. The van der Waals surface area contributed by atoms with Gasteiger partial charge in [0, 0.05) is 23.1 Å². The molecule has 0 atom stereocenters. The summed E-state index contributed by atoms with van der Waals surface area (Å²) in [4.78, 5) is 18.3. The lowest BCUT2D eigenvalue weighted by atomic mass is 9.73. The molecular weight excluding hydrogens is 340 g/mol. The van der Waals surface area contributed by atoms with Gasteiger partial charge >= 0.3 is 5.97 Å². The number of aromatic amines is 1. The maximum atomic E-state index is 12.7. The molecule has 2 aromatic rings. The summed E-state index contributed by atoms with van der Waals surface area (Å²) >= 11 is 0. The van der Waals surface area contributed by atoms with E-state index in [1.165, 1.54) is 0 Å². The molecule has 3 aliphatic heterocycles. The number of fused-ring (bicyclic) bond motifs is 4. The number of methoxy groups -OCH3 is 1. The van der Waals surface area contributed by atoms with Gasteiger partial charge in [0.2, 0.25) is 0 Å². The Balaban J connectivity index is 0.00000182. The summed E-state index contributed by atoms with van der Waals surface area (Å²) in [5.41, 5.74) is 2.74. The molecule has 0 amide bonds. The van der Waals surface area contributed by atoms with E-state index in [0.29, 0.717) is 12.2 Å². The highest BCUT2D eigenvalue weighted by Gasteiger charge is 2.40. The number of hydrogen-bond donors (Lipinski definition) is 1. The summed E-state index contributed by atoms with van der Waals surface area (Å²) in [5.74, 6) is 0.562. The molecule has 0 aliphatic carbocycles. The Morgan fingerprint density at radius 2 is 1.92 bits per heavy atom. The summed E-state index contributed by atoms with van der Waals surface area (Å²) in [6.07, 6.45) is 5.18. The Kier molecular flexibility index (Phi) is 4.98. The summed E-state index contributed by atoms with van der Waals surface area (Å²) in [6, 6.07) is 3.86. The fraction of sp³-hybridized carbons (Fsp3) is 0.526. The van der Waals surface area contributed by atoms with Crippen molar-refractivity contribution in [1.29, 1.82) is 0 Å². The van der Waals surface area contributed by atoms with Gasteiger partial charge in [0.25, 0.3) is 0 Å². The zero-order chi connectivity index (χ0) is 16.7. The van der Waals surface area contributed by atoms with E-state index in [4.69, 9.17) is 9.47 Å². The number of ether oxygens (including phenoxy) is 2. The van der Waals surface area contributed by atoms with Crippen LogP contribution in [-0.4, -0.2) is 49.2 Å². The maximum Gasteiger partial charge on any atom is 0.340 e. The molecule has 2 bridgehead atoms. The third-order valence-corrected chi connectivity index (χ3v) is 5.79. The largest absolute Gasteiger partial charge is 0.497 e. The lowest BCUT2D eigenvalue weighted by Gasteiger charge is -2.47. The zero-order valence-corrected chi connectivity index (χ0v) is 15.6. The molecule has 25 heavy (non-hydrogen) atoms. The summed E-state index contributed by atoms with van der Waals surface area (Å²) in [5, 5.41) is 0.928. The van der Waals surface area contributed by atoms with E-state index < -0.39 is 0 Å². The minimum absolute atomic E-state index is 0. The van der Waals surface area contributed by atoms with E-state index in [9.17, 15) is 4.79 Å². The highest BCUT2D eigenvalue weighted by Crippen LogP contribution is 2.40. The number of H-pyrrole nitrogens is 1. The van der Waals surface area contributed by atoms with Gasteiger partial charge in [0.1, 0.15) is 5.75 Å². The van der Waals surface area contributed by atoms with Crippen molar-refractivity contribution in [2.45, 2.75) is 26.2 Å². The van der Waals surface area contributed by atoms with Crippen molar-refractivity contribution in [3.05, 3.63) is 29.5 Å². The Morgan fingerprint density at radius 1 is 1.24 bits per heavy atom. The second-order valence-electron chi connectivity index (χ2n) is 7.24. The van der Waals surface area contributed by atoms with E-state index >= 15 is 0 Å². The van der Waals surface area contributed by atoms with E-state index in [-0.39, 0.29) is 23.8 Å². The van der Waals surface area contributed by atoms with Crippen LogP contribution in [0.2, 0.25) is 0 Å². The number of rotatable bonds is 4. The SMILES string of the molecule is COc1cc(C)c2c(C(=O)OCC34CCN(CC3)CC4)c[nH]c2c1.Cl. The average molecular weight is 365 g/mol. The Labute approximate surface area is 154 Å². The van der Waals surface area contributed by atoms with Crippen LogP contribution in [0.1, 0.15) is 35.2 Å². The van der Waals surface area contributed by atoms with E-state index in [0.717, 1.165) is 61.1 Å². The second kappa shape index (κ2) is 6.89. The molecule has 4 heterocycles. The maximum absolute atomic E-state index is 12.7. The van der Waals surface area contributed by atoms with Gasteiger partial charge in [-0.1, -0.05) is 0 Å². The van der Waals surface area contributed by atoms with Crippen LogP contribution in [0.15, 0.2) is 18.3 Å². The van der Waals surface area contributed by atoms with E-state index in [1.807, 2.05) is 19.1 Å². The average Bonchev–Trinajstić information content (AvgIpc) is 3.06. The number of aryl methyl sites for hydroxylation is 1. The Morgan fingerprint density at radius 3 is 2.56 bits per heavy atom. The third-order valence-electron chi connectivity index (χ3n) is 5.79. The molecule has 6 heteroatoms. The zero-order valence-electron chi connectivity index (χ0n) is 14.8. The molecule has 1 aromatic carbocycles. The number of piperidine rings is 3. The minimum Gasteiger partial charge on any atom is -0.497 e. The molecule has 5 nitrogen and oxygen atoms in total. The third kappa shape index (κ3) is 3.23. The van der Waals surface area contributed by atoms with Crippen LogP contribution in [0.3, 0.4) is 0 Å². The van der Waals surface area contributed by atoms with E-state index in [1.54, 1.807) is 13.3 Å². The smallest absolute Gasteiger partial charge is 0.340 e. The van der Waals surface area contributed by atoms with Gasteiger partial charge < -0.3 is 19.4 Å².